The lowest BCUT2D eigenvalue weighted by Crippen LogP contribution is -2.19. The quantitative estimate of drug-likeness (QED) is 0.811. The Morgan fingerprint density at radius 2 is 1.95 bits per heavy atom. The van der Waals surface area contributed by atoms with Crippen LogP contribution in [0.15, 0.2) is 0 Å². The van der Waals surface area contributed by atoms with E-state index < -0.39 is 0 Å². The minimum Gasteiger partial charge on any atom is -0.348 e. The standard InChI is InChI=1S/C15H27N3S/c1-5-7-16-8-14-13(6-2)17-15(19-14)18-9-11(3)12(4)10-18/h11-12,16H,5-10H2,1-4H3. The summed E-state index contributed by atoms with van der Waals surface area (Å²) < 4.78 is 0. The molecule has 1 aliphatic rings. The minimum absolute atomic E-state index is 0.788. The molecule has 1 aromatic rings. The van der Waals surface area contributed by atoms with Crippen molar-refractivity contribution in [3.63, 3.8) is 0 Å². The van der Waals surface area contributed by atoms with Gasteiger partial charge in [-0.1, -0.05) is 27.7 Å². The lowest BCUT2D eigenvalue weighted by Gasteiger charge is -2.13. The maximum Gasteiger partial charge on any atom is 0.185 e. The molecule has 108 valence electrons. The van der Waals surface area contributed by atoms with Crippen molar-refractivity contribution in [1.29, 1.82) is 0 Å². The molecule has 19 heavy (non-hydrogen) atoms. The third-order valence-electron chi connectivity index (χ3n) is 4.07. The van der Waals surface area contributed by atoms with E-state index in [1.165, 1.54) is 35.2 Å². The topological polar surface area (TPSA) is 28.2 Å². The first-order valence-corrected chi connectivity index (χ1v) is 8.41. The van der Waals surface area contributed by atoms with Gasteiger partial charge in [0.1, 0.15) is 0 Å². The van der Waals surface area contributed by atoms with Crippen LogP contribution in [0.4, 0.5) is 5.13 Å². The van der Waals surface area contributed by atoms with Crippen molar-refractivity contribution in [2.45, 2.75) is 47.1 Å². The molecule has 1 aromatic heterocycles. The highest BCUT2D eigenvalue weighted by Gasteiger charge is 2.28. The first-order valence-electron chi connectivity index (χ1n) is 7.59. The van der Waals surface area contributed by atoms with Crippen LogP contribution in [0, 0.1) is 11.8 Å². The summed E-state index contributed by atoms with van der Waals surface area (Å²) in [6, 6.07) is 0. The van der Waals surface area contributed by atoms with E-state index in [0.717, 1.165) is 31.3 Å². The lowest BCUT2D eigenvalue weighted by molar-refractivity contribution is 0.494. The number of hydrogen-bond donors (Lipinski definition) is 1. The Morgan fingerprint density at radius 1 is 1.26 bits per heavy atom. The zero-order chi connectivity index (χ0) is 13.8. The fraction of sp³-hybridized carbons (Fsp3) is 0.800. The van der Waals surface area contributed by atoms with Gasteiger partial charge in [0.25, 0.3) is 0 Å². The number of aromatic nitrogens is 1. The highest BCUT2D eigenvalue weighted by atomic mass is 32.1. The van der Waals surface area contributed by atoms with Crippen molar-refractivity contribution >= 4 is 16.5 Å². The first kappa shape index (κ1) is 14.8. The Labute approximate surface area is 121 Å². The maximum absolute atomic E-state index is 4.86. The van der Waals surface area contributed by atoms with E-state index in [1.807, 2.05) is 11.3 Å². The summed E-state index contributed by atoms with van der Waals surface area (Å²) in [4.78, 5) is 8.77. The number of thiazole rings is 1. The molecule has 2 rings (SSSR count). The number of nitrogens with one attached hydrogen (secondary N) is 1. The summed E-state index contributed by atoms with van der Waals surface area (Å²) >= 11 is 1.89. The summed E-state index contributed by atoms with van der Waals surface area (Å²) in [6.07, 6.45) is 2.23. The Hall–Kier alpha value is -0.610. The van der Waals surface area contributed by atoms with Crippen LogP contribution in [0.5, 0.6) is 0 Å². The van der Waals surface area contributed by atoms with Gasteiger partial charge < -0.3 is 10.2 Å². The maximum atomic E-state index is 4.86. The molecule has 0 radical (unpaired) electrons. The molecule has 2 heterocycles. The highest BCUT2D eigenvalue weighted by molar-refractivity contribution is 7.15. The molecular formula is C15H27N3S. The van der Waals surface area contributed by atoms with Crippen molar-refractivity contribution in [2.75, 3.05) is 24.5 Å². The third kappa shape index (κ3) is 3.48. The molecule has 0 bridgehead atoms. The number of aryl methyl sites for hydroxylation is 1. The number of anilines is 1. The second-order valence-electron chi connectivity index (χ2n) is 5.76. The third-order valence-corrected chi connectivity index (χ3v) is 5.23. The van der Waals surface area contributed by atoms with Gasteiger partial charge in [0.15, 0.2) is 5.13 Å². The molecular weight excluding hydrogens is 254 g/mol. The van der Waals surface area contributed by atoms with E-state index in [0.29, 0.717) is 0 Å². The Balaban J connectivity index is 2.05. The van der Waals surface area contributed by atoms with E-state index in [2.05, 4.69) is 37.9 Å². The van der Waals surface area contributed by atoms with Gasteiger partial charge in [0.05, 0.1) is 5.69 Å². The molecule has 0 aromatic carbocycles. The first-order chi connectivity index (χ1) is 9.15. The molecule has 0 saturated carbocycles. The summed E-state index contributed by atoms with van der Waals surface area (Å²) in [5.74, 6) is 1.58. The van der Waals surface area contributed by atoms with Crippen LogP contribution in [0.25, 0.3) is 0 Å². The van der Waals surface area contributed by atoms with Gasteiger partial charge >= 0.3 is 0 Å². The molecule has 0 spiro atoms. The summed E-state index contributed by atoms with van der Waals surface area (Å²) in [7, 11) is 0. The van der Waals surface area contributed by atoms with Gasteiger partial charge in [-0.2, -0.15) is 0 Å². The smallest absolute Gasteiger partial charge is 0.185 e. The van der Waals surface area contributed by atoms with Gasteiger partial charge in [-0.25, -0.2) is 4.98 Å². The molecule has 0 amide bonds. The summed E-state index contributed by atoms with van der Waals surface area (Å²) in [5, 5.41) is 4.74. The van der Waals surface area contributed by atoms with Crippen molar-refractivity contribution in [3.8, 4) is 0 Å². The molecule has 2 atom stereocenters. The lowest BCUT2D eigenvalue weighted by atomic mass is 10.0. The van der Waals surface area contributed by atoms with Crippen molar-refractivity contribution in [3.05, 3.63) is 10.6 Å². The van der Waals surface area contributed by atoms with Crippen molar-refractivity contribution in [2.24, 2.45) is 11.8 Å². The SMILES string of the molecule is CCCNCc1sc(N2CC(C)C(C)C2)nc1CC. The van der Waals surface area contributed by atoms with Crippen LogP contribution in [0.3, 0.4) is 0 Å². The summed E-state index contributed by atoms with van der Waals surface area (Å²) in [6.45, 7) is 13.5. The van der Waals surface area contributed by atoms with Crippen LogP contribution in [-0.4, -0.2) is 24.6 Å². The van der Waals surface area contributed by atoms with Crippen LogP contribution in [0.2, 0.25) is 0 Å². The minimum atomic E-state index is 0.788. The average Bonchev–Trinajstić information content (AvgIpc) is 2.94. The van der Waals surface area contributed by atoms with Crippen LogP contribution in [-0.2, 0) is 13.0 Å². The summed E-state index contributed by atoms with van der Waals surface area (Å²) in [5.41, 5.74) is 1.29. The molecule has 2 unspecified atom stereocenters. The fourth-order valence-electron chi connectivity index (χ4n) is 2.58. The molecule has 0 aliphatic carbocycles. The van der Waals surface area contributed by atoms with E-state index in [-0.39, 0.29) is 0 Å². The second-order valence-corrected chi connectivity index (χ2v) is 6.82. The normalized spacial score (nSPS) is 23.3. The molecule has 1 N–H and O–H groups in total. The van der Waals surface area contributed by atoms with Crippen molar-refractivity contribution in [1.82, 2.24) is 10.3 Å². The van der Waals surface area contributed by atoms with Gasteiger partial charge in [-0.15, -0.1) is 11.3 Å². The molecule has 1 aliphatic heterocycles. The zero-order valence-electron chi connectivity index (χ0n) is 12.7. The van der Waals surface area contributed by atoms with Gasteiger partial charge in [0.2, 0.25) is 0 Å². The highest BCUT2D eigenvalue weighted by Crippen LogP contribution is 2.32. The predicted molar refractivity (Wildman–Crippen MR) is 84.0 cm³/mol. The molecule has 3 nitrogen and oxygen atoms in total. The monoisotopic (exact) mass is 281 g/mol. The molecule has 1 saturated heterocycles. The fourth-order valence-corrected chi connectivity index (χ4v) is 3.72. The Kier molecular flexibility index (Phi) is 5.22. The van der Waals surface area contributed by atoms with E-state index in [9.17, 15) is 0 Å². The average molecular weight is 281 g/mol. The number of rotatable bonds is 6. The van der Waals surface area contributed by atoms with Crippen molar-refractivity contribution < 1.29 is 0 Å². The van der Waals surface area contributed by atoms with Crippen LogP contribution >= 0.6 is 11.3 Å². The van der Waals surface area contributed by atoms with Gasteiger partial charge in [-0.3, -0.25) is 0 Å². The molecule has 1 fully saturated rings. The van der Waals surface area contributed by atoms with Crippen LogP contribution in [0.1, 0.15) is 44.7 Å². The van der Waals surface area contributed by atoms with Gasteiger partial charge in [0, 0.05) is 24.5 Å². The van der Waals surface area contributed by atoms with E-state index >= 15 is 0 Å². The Morgan fingerprint density at radius 3 is 2.53 bits per heavy atom. The Bertz CT molecular complexity index is 392. The van der Waals surface area contributed by atoms with E-state index in [4.69, 9.17) is 4.98 Å². The van der Waals surface area contributed by atoms with E-state index in [1.54, 1.807) is 0 Å². The largest absolute Gasteiger partial charge is 0.348 e. The number of hydrogen-bond acceptors (Lipinski definition) is 4. The predicted octanol–water partition coefficient (Wildman–Crippen LogP) is 3.30. The second kappa shape index (κ2) is 6.71. The van der Waals surface area contributed by atoms with Gasteiger partial charge in [-0.05, 0) is 31.2 Å². The number of nitrogens with zero attached hydrogens (tertiary/aromatic N) is 2. The molecule has 4 heteroatoms. The zero-order valence-corrected chi connectivity index (χ0v) is 13.5. The van der Waals surface area contributed by atoms with Crippen LogP contribution < -0.4 is 10.2 Å².